The van der Waals surface area contributed by atoms with Crippen LogP contribution in [0.15, 0.2) is 0 Å². The normalized spacial score (nSPS) is 12.4. The highest BCUT2D eigenvalue weighted by molar-refractivity contribution is 4.83. The highest BCUT2D eigenvalue weighted by atomic mass is 16.7. The average molecular weight is 187 g/mol. The van der Waals surface area contributed by atoms with E-state index >= 15 is 0 Å². The third-order valence-electron chi connectivity index (χ3n) is 1.22. The lowest BCUT2D eigenvalue weighted by atomic mass is 10.6. The lowest BCUT2D eigenvalue weighted by Gasteiger charge is -2.15. The van der Waals surface area contributed by atoms with Crippen molar-refractivity contribution in [1.82, 2.24) is 0 Å². The molecule has 0 aromatic heterocycles. The summed E-state index contributed by atoms with van der Waals surface area (Å²) in [4.78, 5) is 0. The van der Waals surface area contributed by atoms with Gasteiger partial charge in [-0.05, 0) is 6.92 Å². The molecule has 0 rings (SSSR count). The van der Waals surface area contributed by atoms with E-state index in [1.807, 2.05) is 6.92 Å². The minimum Gasteiger partial charge on any atom is -0.375 e. The molecule has 0 aromatic carbocycles. The van der Waals surface area contributed by atoms with Gasteiger partial charge in [-0.2, -0.15) is 0 Å². The molecule has 0 heterocycles. The molecule has 0 fully saturated rings. The summed E-state index contributed by atoms with van der Waals surface area (Å²) in [5, 5.41) is 0. The molecule has 0 aromatic rings. The number of nitrogens with two attached hydrogens (primary N) is 1. The van der Waals surface area contributed by atoms with Crippen molar-refractivity contribution in [2.24, 2.45) is 5.73 Å². The van der Waals surface area contributed by atoms with Crippen molar-refractivity contribution in [1.29, 1.82) is 0 Å². The SMILES string of the molecule is C#CCOC(COCCN)OCC. The molecule has 0 amide bonds. The Kier molecular flexibility index (Phi) is 9.05. The molecule has 4 nitrogen and oxygen atoms in total. The quantitative estimate of drug-likeness (QED) is 0.329. The van der Waals surface area contributed by atoms with E-state index in [9.17, 15) is 0 Å². The molecule has 0 spiro atoms. The second-order valence-corrected chi connectivity index (χ2v) is 2.26. The molecule has 76 valence electrons. The molecule has 13 heavy (non-hydrogen) atoms. The maximum Gasteiger partial charge on any atom is 0.182 e. The molecule has 0 bridgehead atoms. The van der Waals surface area contributed by atoms with Crippen molar-refractivity contribution in [3.8, 4) is 12.3 Å². The van der Waals surface area contributed by atoms with E-state index in [-0.39, 0.29) is 12.9 Å². The van der Waals surface area contributed by atoms with Crippen molar-refractivity contribution in [2.45, 2.75) is 13.2 Å². The lowest BCUT2D eigenvalue weighted by molar-refractivity contribution is -0.161. The third-order valence-corrected chi connectivity index (χ3v) is 1.22. The standard InChI is InChI=1S/C9H17NO3/c1-3-6-13-9(12-4-2)8-11-7-5-10/h1,9H,4-8,10H2,2H3. The summed E-state index contributed by atoms with van der Waals surface area (Å²) in [5.41, 5.74) is 5.25. The van der Waals surface area contributed by atoms with Gasteiger partial charge in [0.15, 0.2) is 6.29 Å². The Bertz CT molecular complexity index is 144. The summed E-state index contributed by atoms with van der Waals surface area (Å²) in [6.45, 7) is 4.05. The van der Waals surface area contributed by atoms with Gasteiger partial charge >= 0.3 is 0 Å². The zero-order chi connectivity index (χ0) is 9.94. The molecule has 1 unspecified atom stereocenters. The number of hydrogen-bond acceptors (Lipinski definition) is 4. The van der Waals surface area contributed by atoms with Crippen LogP contribution in [0.2, 0.25) is 0 Å². The molecule has 0 saturated carbocycles. The summed E-state index contributed by atoms with van der Waals surface area (Å²) >= 11 is 0. The van der Waals surface area contributed by atoms with Gasteiger partial charge in [0.05, 0.1) is 13.2 Å². The summed E-state index contributed by atoms with van der Waals surface area (Å²) in [5.74, 6) is 2.36. The van der Waals surface area contributed by atoms with Crippen molar-refractivity contribution in [2.75, 3.05) is 33.0 Å². The van der Waals surface area contributed by atoms with Crippen LogP contribution in [-0.2, 0) is 14.2 Å². The Balaban J connectivity index is 3.48. The Labute approximate surface area is 79.3 Å². The van der Waals surface area contributed by atoms with Crippen molar-refractivity contribution in [3.05, 3.63) is 0 Å². The van der Waals surface area contributed by atoms with Crippen LogP contribution in [0.1, 0.15) is 6.92 Å². The first-order valence-corrected chi connectivity index (χ1v) is 4.29. The van der Waals surface area contributed by atoms with E-state index in [2.05, 4.69) is 5.92 Å². The molecular weight excluding hydrogens is 170 g/mol. The molecule has 4 heteroatoms. The van der Waals surface area contributed by atoms with Crippen LogP contribution in [0, 0.1) is 12.3 Å². The fraction of sp³-hybridized carbons (Fsp3) is 0.778. The zero-order valence-electron chi connectivity index (χ0n) is 7.99. The number of hydrogen-bond donors (Lipinski definition) is 1. The van der Waals surface area contributed by atoms with Gasteiger partial charge in [0.1, 0.15) is 6.61 Å². The molecule has 0 aliphatic carbocycles. The summed E-state index contributed by atoms with van der Waals surface area (Å²) in [6, 6.07) is 0. The molecule has 1 atom stereocenters. The van der Waals surface area contributed by atoms with Crippen LogP contribution in [0.25, 0.3) is 0 Å². The van der Waals surface area contributed by atoms with E-state index in [0.29, 0.717) is 26.4 Å². The number of ether oxygens (including phenoxy) is 3. The van der Waals surface area contributed by atoms with E-state index in [1.54, 1.807) is 0 Å². The zero-order valence-corrected chi connectivity index (χ0v) is 7.99. The maximum absolute atomic E-state index is 5.25. The first-order chi connectivity index (χ1) is 6.35. The van der Waals surface area contributed by atoms with Gasteiger partial charge in [-0.15, -0.1) is 6.42 Å². The summed E-state index contributed by atoms with van der Waals surface area (Å²) in [7, 11) is 0. The van der Waals surface area contributed by atoms with E-state index < -0.39 is 0 Å². The molecule has 0 radical (unpaired) electrons. The predicted octanol–water partition coefficient (Wildman–Crippen LogP) is -0.0259. The van der Waals surface area contributed by atoms with Gasteiger partial charge < -0.3 is 19.9 Å². The van der Waals surface area contributed by atoms with E-state index in [1.165, 1.54) is 0 Å². The summed E-state index contributed by atoms with van der Waals surface area (Å²) < 4.78 is 15.5. The van der Waals surface area contributed by atoms with Crippen LogP contribution in [0.4, 0.5) is 0 Å². The Hall–Kier alpha value is -0.600. The van der Waals surface area contributed by atoms with E-state index in [0.717, 1.165) is 0 Å². The van der Waals surface area contributed by atoms with Gasteiger partial charge in [0.2, 0.25) is 0 Å². The van der Waals surface area contributed by atoms with Crippen LogP contribution < -0.4 is 5.73 Å². The van der Waals surface area contributed by atoms with Crippen LogP contribution in [0.5, 0.6) is 0 Å². The predicted molar refractivity (Wildman–Crippen MR) is 50.1 cm³/mol. The van der Waals surface area contributed by atoms with Gasteiger partial charge in [-0.3, -0.25) is 0 Å². The molecule has 0 aliphatic rings. The molecular formula is C9H17NO3. The van der Waals surface area contributed by atoms with Crippen molar-refractivity contribution in [3.63, 3.8) is 0 Å². The fourth-order valence-electron chi connectivity index (χ4n) is 0.734. The highest BCUT2D eigenvalue weighted by Gasteiger charge is 2.07. The smallest absolute Gasteiger partial charge is 0.182 e. The maximum atomic E-state index is 5.25. The average Bonchev–Trinajstić information content (AvgIpc) is 2.14. The summed E-state index contributed by atoms with van der Waals surface area (Å²) in [6.07, 6.45) is 4.65. The highest BCUT2D eigenvalue weighted by Crippen LogP contribution is 1.95. The monoisotopic (exact) mass is 187 g/mol. The lowest BCUT2D eigenvalue weighted by Crippen LogP contribution is -2.25. The topological polar surface area (TPSA) is 53.7 Å². The molecule has 0 aliphatic heterocycles. The first-order valence-electron chi connectivity index (χ1n) is 4.29. The number of terminal acetylenes is 1. The van der Waals surface area contributed by atoms with Gasteiger partial charge in [0.25, 0.3) is 0 Å². The van der Waals surface area contributed by atoms with Gasteiger partial charge in [-0.25, -0.2) is 0 Å². The van der Waals surface area contributed by atoms with Crippen LogP contribution in [0.3, 0.4) is 0 Å². The first kappa shape index (κ1) is 12.4. The van der Waals surface area contributed by atoms with Crippen molar-refractivity contribution < 1.29 is 14.2 Å². The van der Waals surface area contributed by atoms with Crippen molar-refractivity contribution >= 4 is 0 Å². The Morgan fingerprint density at radius 1 is 1.46 bits per heavy atom. The molecule has 2 N–H and O–H groups in total. The van der Waals surface area contributed by atoms with Gasteiger partial charge in [0, 0.05) is 13.2 Å². The van der Waals surface area contributed by atoms with Crippen LogP contribution in [-0.4, -0.2) is 39.3 Å². The minimum atomic E-state index is -0.382. The van der Waals surface area contributed by atoms with Crippen LogP contribution >= 0.6 is 0 Å². The second-order valence-electron chi connectivity index (χ2n) is 2.26. The fourth-order valence-corrected chi connectivity index (χ4v) is 0.734. The van der Waals surface area contributed by atoms with Gasteiger partial charge in [-0.1, -0.05) is 5.92 Å². The molecule has 0 saturated heterocycles. The Morgan fingerprint density at radius 3 is 2.77 bits per heavy atom. The second kappa shape index (κ2) is 9.49. The largest absolute Gasteiger partial charge is 0.375 e. The van der Waals surface area contributed by atoms with E-state index in [4.69, 9.17) is 26.4 Å². The Morgan fingerprint density at radius 2 is 2.23 bits per heavy atom. The minimum absolute atomic E-state index is 0.233. The number of rotatable bonds is 8. The third kappa shape index (κ3) is 7.75.